The largest absolute Gasteiger partial charge is 0.486 e. The summed E-state index contributed by atoms with van der Waals surface area (Å²) in [6.07, 6.45) is 0. The zero-order valence-corrected chi connectivity index (χ0v) is 15.5. The van der Waals surface area contributed by atoms with Gasteiger partial charge < -0.3 is 23.4 Å². The van der Waals surface area contributed by atoms with E-state index in [4.69, 9.17) is 23.4 Å². The first-order chi connectivity index (χ1) is 14.2. The van der Waals surface area contributed by atoms with Crippen molar-refractivity contribution in [1.82, 2.24) is 0 Å². The van der Waals surface area contributed by atoms with Crippen LogP contribution in [0.25, 0.3) is 0 Å². The number of hydrogen-bond acceptors (Lipinski definition) is 7. The van der Waals surface area contributed by atoms with Gasteiger partial charge in [0.1, 0.15) is 31.3 Å². The quantitative estimate of drug-likeness (QED) is 0.446. The minimum Gasteiger partial charge on any atom is -0.486 e. The van der Waals surface area contributed by atoms with E-state index in [2.05, 4.69) is 0 Å². The first-order valence-electron chi connectivity index (χ1n) is 9.05. The fourth-order valence-electron chi connectivity index (χ4n) is 2.74. The molecule has 0 N–H and O–H groups in total. The third kappa shape index (κ3) is 4.57. The summed E-state index contributed by atoms with van der Waals surface area (Å²) in [7, 11) is 0. The molecule has 0 saturated heterocycles. The van der Waals surface area contributed by atoms with Gasteiger partial charge in [0, 0.05) is 5.56 Å². The highest BCUT2D eigenvalue weighted by molar-refractivity contribution is 5.99. The van der Waals surface area contributed by atoms with Gasteiger partial charge in [0.05, 0.1) is 0 Å². The van der Waals surface area contributed by atoms with Crippen molar-refractivity contribution in [2.75, 3.05) is 19.8 Å². The Morgan fingerprint density at radius 3 is 2.52 bits per heavy atom. The predicted octanol–water partition coefficient (Wildman–Crippen LogP) is 3.67. The molecule has 0 saturated carbocycles. The van der Waals surface area contributed by atoms with Crippen molar-refractivity contribution < 1.29 is 33.0 Å². The van der Waals surface area contributed by atoms with Gasteiger partial charge in [-0.05, 0) is 42.5 Å². The Kier molecular flexibility index (Phi) is 5.47. The second-order valence-electron chi connectivity index (χ2n) is 6.23. The van der Waals surface area contributed by atoms with Crippen LogP contribution in [-0.2, 0) is 11.3 Å². The molecule has 2 aromatic carbocycles. The lowest BCUT2D eigenvalue weighted by Crippen LogP contribution is -2.17. The van der Waals surface area contributed by atoms with Crippen LogP contribution in [0.4, 0.5) is 0 Å². The van der Waals surface area contributed by atoms with Gasteiger partial charge in [0.15, 0.2) is 23.9 Å². The monoisotopic (exact) mass is 394 g/mol. The van der Waals surface area contributed by atoms with Crippen molar-refractivity contribution in [2.24, 2.45) is 0 Å². The standard InChI is InChI=1S/C22H18O7/c23-18(15-6-8-19-21(12-15)26-11-10-25-19)14-28-22(24)20-9-7-17(29-20)13-27-16-4-2-1-3-5-16/h1-9,12H,10-11,13-14H2. The first-order valence-corrected chi connectivity index (χ1v) is 9.05. The zero-order valence-electron chi connectivity index (χ0n) is 15.5. The van der Waals surface area contributed by atoms with Crippen molar-refractivity contribution >= 4 is 11.8 Å². The fourth-order valence-corrected chi connectivity index (χ4v) is 2.74. The normalized spacial score (nSPS) is 12.3. The van der Waals surface area contributed by atoms with E-state index in [-0.39, 0.29) is 18.2 Å². The van der Waals surface area contributed by atoms with Crippen LogP contribution in [-0.4, -0.2) is 31.6 Å². The fraction of sp³-hybridized carbons (Fsp3) is 0.182. The second-order valence-corrected chi connectivity index (χ2v) is 6.23. The van der Waals surface area contributed by atoms with Crippen LogP contribution in [0.2, 0.25) is 0 Å². The van der Waals surface area contributed by atoms with Crippen molar-refractivity contribution in [3.8, 4) is 17.2 Å². The van der Waals surface area contributed by atoms with Crippen molar-refractivity contribution in [2.45, 2.75) is 6.61 Å². The number of esters is 1. The lowest BCUT2D eigenvalue weighted by Gasteiger charge is -2.18. The van der Waals surface area contributed by atoms with Crippen LogP contribution < -0.4 is 14.2 Å². The molecule has 0 atom stereocenters. The molecule has 1 aliphatic rings. The molecule has 29 heavy (non-hydrogen) atoms. The van der Waals surface area contributed by atoms with Gasteiger partial charge in [-0.15, -0.1) is 0 Å². The SMILES string of the molecule is O=C(COC(=O)c1ccc(COc2ccccc2)o1)c1ccc2c(c1)OCCO2. The minimum atomic E-state index is -0.721. The molecule has 1 aliphatic heterocycles. The van der Waals surface area contributed by atoms with E-state index in [9.17, 15) is 9.59 Å². The van der Waals surface area contributed by atoms with E-state index >= 15 is 0 Å². The van der Waals surface area contributed by atoms with Gasteiger partial charge in [0.2, 0.25) is 5.76 Å². The van der Waals surface area contributed by atoms with Gasteiger partial charge >= 0.3 is 5.97 Å². The van der Waals surface area contributed by atoms with Crippen LogP contribution >= 0.6 is 0 Å². The Balaban J connectivity index is 1.30. The number of furan rings is 1. The Labute approximate surface area is 166 Å². The Morgan fingerprint density at radius 2 is 1.69 bits per heavy atom. The summed E-state index contributed by atoms with van der Waals surface area (Å²) in [4.78, 5) is 24.5. The summed E-state index contributed by atoms with van der Waals surface area (Å²) in [5.74, 6) is 1.19. The van der Waals surface area contributed by atoms with Crippen LogP contribution in [0.15, 0.2) is 65.1 Å². The molecule has 4 rings (SSSR count). The summed E-state index contributed by atoms with van der Waals surface area (Å²) < 4.78 is 26.9. The van der Waals surface area contributed by atoms with Crippen LogP contribution in [0.3, 0.4) is 0 Å². The number of ether oxygens (including phenoxy) is 4. The smallest absolute Gasteiger partial charge is 0.374 e. The number of carbonyl (C=O) groups excluding carboxylic acids is 2. The Morgan fingerprint density at radius 1 is 0.897 bits per heavy atom. The molecule has 3 aromatic rings. The number of para-hydroxylation sites is 1. The maximum atomic E-state index is 12.3. The molecular formula is C22H18O7. The molecule has 0 fully saturated rings. The van der Waals surface area contributed by atoms with E-state index in [1.807, 2.05) is 30.3 Å². The molecule has 148 valence electrons. The number of fused-ring (bicyclic) bond motifs is 1. The summed E-state index contributed by atoms with van der Waals surface area (Å²) >= 11 is 0. The van der Waals surface area contributed by atoms with Crippen molar-refractivity contribution in [3.63, 3.8) is 0 Å². The molecule has 1 aromatic heterocycles. The second kappa shape index (κ2) is 8.52. The minimum absolute atomic E-state index is 0.00614. The molecule has 0 unspecified atom stereocenters. The van der Waals surface area contributed by atoms with E-state index in [1.165, 1.54) is 6.07 Å². The summed E-state index contributed by atoms with van der Waals surface area (Å²) in [6.45, 7) is 0.663. The molecular weight excluding hydrogens is 376 g/mol. The molecule has 0 spiro atoms. The van der Waals surface area contributed by atoms with Gasteiger partial charge in [-0.1, -0.05) is 18.2 Å². The van der Waals surface area contributed by atoms with E-state index < -0.39 is 12.6 Å². The van der Waals surface area contributed by atoms with E-state index in [1.54, 1.807) is 24.3 Å². The summed E-state index contributed by atoms with van der Waals surface area (Å²) in [6, 6.07) is 17.2. The maximum Gasteiger partial charge on any atom is 0.374 e. The number of hydrogen-bond donors (Lipinski definition) is 0. The van der Waals surface area contributed by atoms with Gasteiger partial charge in [0.25, 0.3) is 0 Å². The van der Waals surface area contributed by atoms with Crippen LogP contribution in [0, 0.1) is 0 Å². The highest BCUT2D eigenvalue weighted by Gasteiger charge is 2.18. The number of Topliss-reactive ketones (excluding diaryl/α,β-unsaturated/α-hetero) is 1. The highest BCUT2D eigenvalue weighted by atomic mass is 16.6. The topological polar surface area (TPSA) is 84.2 Å². The molecule has 7 heteroatoms. The summed E-state index contributed by atoms with van der Waals surface area (Å²) in [5, 5.41) is 0. The first kappa shape index (κ1) is 18.6. The predicted molar refractivity (Wildman–Crippen MR) is 102 cm³/mol. The number of carbonyl (C=O) groups is 2. The average molecular weight is 394 g/mol. The van der Waals surface area contributed by atoms with Gasteiger partial charge in [-0.2, -0.15) is 0 Å². The van der Waals surface area contributed by atoms with Crippen molar-refractivity contribution in [1.29, 1.82) is 0 Å². The lowest BCUT2D eigenvalue weighted by molar-refractivity contribution is 0.0440. The van der Waals surface area contributed by atoms with Gasteiger partial charge in [-0.3, -0.25) is 4.79 Å². The van der Waals surface area contributed by atoms with Crippen molar-refractivity contribution in [3.05, 3.63) is 77.7 Å². The van der Waals surface area contributed by atoms with Crippen LogP contribution in [0.1, 0.15) is 26.7 Å². The molecule has 0 bridgehead atoms. The van der Waals surface area contributed by atoms with E-state index in [0.29, 0.717) is 41.8 Å². The Hall–Kier alpha value is -3.74. The Bertz CT molecular complexity index is 1010. The number of benzene rings is 2. The van der Waals surface area contributed by atoms with Gasteiger partial charge in [-0.25, -0.2) is 4.79 Å². The number of rotatable bonds is 7. The third-order valence-electron chi connectivity index (χ3n) is 4.19. The maximum absolute atomic E-state index is 12.3. The summed E-state index contributed by atoms with van der Waals surface area (Å²) in [5.41, 5.74) is 0.374. The molecule has 0 radical (unpaired) electrons. The lowest BCUT2D eigenvalue weighted by atomic mass is 10.1. The average Bonchev–Trinajstić information content (AvgIpc) is 3.25. The molecule has 2 heterocycles. The third-order valence-corrected chi connectivity index (χ3v) is 4.19. The number of ketones is 1. The molecule has 7 nitrogen and oxygen atoms in total. The van der Waals surface area contributed by atoms with E-state index in [0.717, 1.165) is 0 Å². The highest BCUT2D eigenvalue weighted by Crippen LogP contribution is 2.30. The molecule has 0 aliphatic carbocycles. The molecule has 0 amide bonds. The zero-order chi connectivity index (χ0) is 20.1. The van der Waals surface area contributed by atoms with Crippen LogP contribution in [0.5, 0.6) is 17.2 Å².